The largest absolute Gasteiger partial charge is 0.306 e. The Labute approximate surface area is 150 Å². The van der Waals surface area contributed by atoms with Crippen LogP contribution in [0.2, 0.25) is 0 Å². The van der Waals surface area contributed by atoms with Gasteiger partial charge >= 0.3 is 0 Å². The third kappa shape index (κ3) is 6.56. The van der Waals surface area contributed by atoms with Gasteiger partial charge in [0.05, 0.1) is 5.69 Å². The molecule has 1 aliphatic carbocycles. The van der Waals surface area contributed by atoms with Crippen LogP contribution >= 0.6 is 0 Å². The highest BCUT2D eigenvalue weighted by atomic mass is 15.3. The smallest absolute Gasteiger partial charge is 0.0524 e. The maximum Gasteiger partial charge on any atom is 0.0524 e. The quantitative estimate of drug-likeness (QED) is 0.712. The summed E-state index contributed by atoms with van der Waals surface area (Å²) in [5.74, 6) is 2.13. The molecule has 4 nitrogen and oxygen atoms in total. The first-order valence-corrected chi connectivity index (χ1v) is 10.1. The standard InChI is InChI=1S/C8H13N3.C8H15N.2C2H6/c1-10-5-2-6-11-8(7-10)3-4-9-11;1-9-5-7-2-3-8(4-7)6-9;2*1-2/h3-4H,2,5-7H2,1H3;7-8H,2-6H2,1H3;2*1-2H3. The Morgan fingerprint density at radius 3 is 2.17 bits per heavy atom. The fourth-order valence-electron chi connectivity index (χ4n) is 4.01. The normalized spacial score (nSPS) is 25.8. The van der Waals surface area contributed by atoms with Crippen LogP contribution in [-0.2, 0) is 13.1 Å². The molecule has 1 saturated heterocycles. The van der Waals surface area contributed by atoms with Gasteiger partial charge in [-0.05, 0) is 57.7 Å². The number of likely N-dealkylation sites (tertiary alicyclic amines) is 1. The van der Waals surface area contributed by atoms with Crippen LogP contribution in [0.5, 0.6) is 0 Å². The zero-order valence-electron chi connectivity index (χ0n) is 17.0. The van der Waals surface area contributed by atoms with Crippen molar-refractivity contribution < 1.29 is 0 Å². The van der Waals surface area contributed by atoms with Crippen LogP contribution < -0.4 is 0 Å². The fraction of sp³-hybridized carbons (Fsp3) is 0.850. The van der Waals surface area contributed by atoms with E-state index < -0.39 is 0 Å². The molecule has 3 heterocycles. The first-order valence-electron chi connectivity index (χ1n) is 10.1. The highest BCUT2D eigenvalue weighted by molar-refractivity contribution is 5.01. The van der Waals surface area contributed by atoms with E-state index in [1.165, 1.54) is 51.0 Å². The molecule has 1 saturated carbocycles. The maximum absolute atomic E-state index is 4.24. The van der Waals surface area contributed by atoms with Crippen molar-refractivity contribution in [2.45, 2.75) is 66.5 Å². The van der Waals surface area contributed by atoms with Gasteiger partial charge in [-0.2, -0.15) is 5.10 Å². The van der Waals surface area contributed by atoms with Crippen LogP contribution in [0.3, 0.4) is 0 Å². The Morgan fingerprint density at radius 1 is 0.917 bits per heavy atom. The number of hydrogen-bond acceptors (Lipinski definition) is 3. The van der Waals surface area contributed by atoms with Crippen LogP contribution in [0.25, 0.3) is 0 Å². The Bertz CT molecular complexity index is 417. The predicted octanol–water partition coefficient (Wildman–Crippen LogP) is 4.12. The molecule has 0 N–H and O–H groups in total. The summed E-state index contributed by atoms with van der Waals surface area (Å²) in [6.45, 7) is 14.0. The molecule has 4 heteroatoms. The fourth-order valence-corrected chi connectivity index (χ4v) is 4.01. The average Bonchev–Trinajstić information content (AvgIpc) is 3.13. The maximum atomic E-state index is 4.24. The Hall–Kier alpha value is -0.870. The van der Waals surface area contributed by atoms with E-state index in [1.54, 1.807) is 0 Å². The van der Waals surface area contributed by atoms with Crippen LogP contribution in [0.4, 0.5) is 0 Å². The van der Waals surface area contributed by atoms with E-state index in [1.807, 2.05) is 33.9 Å². The molecule has 1 aromatic heterocycles. The molecule has 140 valence electrons. The second kappa shape index (κ2) is 11.6. The van der Waals surface area contributed by atoms with Gasteiger partial charge in [0.25, 0.3) is 0 Å². The van der Waals surface area contributed by atoms with Gasteiger partial charge in [-0.25, -0.2) is 0 Å². The molecule has 0 radical (unpaired) electrons. The number of fused-ring (bicyclic) bond motifs is 3. The lowest BCUT2D eigenvalue weighted by Crippen LogP contribution is -2.32. The van der Waals surface area contributed by atoms with E-state index in [4.69, 9.17) is 0 Å². The lowest BCUT2D eigenvalue weighted by atomic mass is 10.00. The van der Waals surface area contributed by atoms with E-state index in [-0.39, 0.29) is 0 Å². The summed E-state index contributed by atoms with van der Waals surface area (Å²) in [7, 11) is 4.41. The van der Waals surface area contributed by atoms with Crippen molar-refractivity contribution in [1.29, 1.82) is 0 Å². The number of nitrogens with zero attached hydrogens (tertiary/aromatic N) is 4. The van der Waals surface area contributed by atoms with Crippen LogP contribution in [0.1, 0.15) is 59.1 Å². The van der Waals surface area contributed by atoms with E-state index in [0.717, 1.165) is 24.9 Å². The van der Waals surface area contributed by atoms with Crippen molar-refractivity contribution in [3.63, 3.8) is 0 Å². The van der Waals surface area contributed by atoms with E-state index in [0.29, 0.717) is 0 Å². The van der Waals surface area contributed by atoms with Gasteiger partial charge in [0, 0.05) is 38.9 Å². The van der Waals surface area contributed by atoms with Crippen LogP contribution in [-0.4, -0.2) is 53.3 Å². The van der Waals surface area contributed by atoms with Crippen molar-refractivity contribution in [3.05, 3.63) is 18.0 Å². The van der Waals surface area contributed by atoms with Crippen molar-refractivity contribution in [2.75, 3.05) is 33.7 Å². The summed E-state index contributed by atoms with van der Waals surface area (Å²) < 4.78 is 2.10. The molecule has 0 amide bonds. The van der Waals surface area contributed by atoms with Crippen molar-refractivity contribution in [1.82, 2.24) is 19.6 Å². The number of rotatable bonds is 0. The number of aryl methyl sites for hydroxylation is 1. The first-order chi connectivity index (χ1) is 11.7. The molecular weight excluding hydrogens is 296 g/mol. The zero-order chi connectivity index (χ0) is 17.9. The van der Waals surface area contributed by atoms with Crippen molar-refractivity contribution >= 4 is 0 Å². The third-order valence-electron chi connectivity index (χ3n) is 4.94. The minimum atomic E-state index is 1.04. The van der Waals surface area contributed by atoms with Gasteiger partial charge in [0.2, 0.25) is 0 Å². The van der Waals surface area contributed by atoms with Crippen molar-refractivity contribution in [2.24, 2.45) is 11.8 Å². The molecule has 2 fully saturated rings. The van der Waals surface area contributed by atoms with Gasteiger partial charge in [0.15, 0.2) is 0 Å². The lowest BCUT2D eigenvalue weighted by molar-refractivity contribution is 0.203. The minimum Gasteiger partial charge on any atom is -0.306 e. The zero-order valence-corrected chi connectivity index (χ0v) is 17.0. The summed E-state index contributed by atoms with van der Waals surface area (Å²) in [5.41, 5.74) is 1.34. The SMILES string of the molecule is CC.CC.CN1CC2CCC(C2)C1.CN1CCCn2nccc2C1. The van der Waals surface area contributed by atoms with Crippen molar-refractivity contribution in [3.8, 4) is 0 Å². The molecule has 24 heavy (non-hydrogen) atoms. The number of aromatic nitrogens is 2. The van der Waals surface area contributed by atoms with Gasteiger partial charge in [-0.1, -0.05) is 27.7 Å². The van der Waals surface area contributed by atoms with E-state index >= 15 is 0 Å². The molecule has 2 atom stereocenters. The lowest BCUT2D eigenvalue weighted by Gasteiger charge is -2.27. The summed E-state index contributed by atoms with van der Waals surface area (Å²) >= 11 is 0. The first kappa shape index (κ1) is 21.2. The minimum absolute atomic E-state index is 1.04. The topological polar surface area (TPSA) is 24.3 Å². The average molecular weight is 337 g/mol. The molecular formula is C20H40N4. The molecule has 2 bridgehead atoms. The Balaban J connectivity index is 0.000000202. The van der Waals surface area contributed by atoms with Gasteiger partial charge in [-0.3, -0.25) is 4.68 Å². The van der Waals surface area contributed by atoms with E-state index in [9.17, 15) is 0 Å². The molecule has 2 unspecified atom stereocenters. The highest BCUT2D eigenvalue weighted by Gasteiger charge is 2.30. The highest BCUT2D eigenvalue weighted by Crippen LogP contribution is 2.35. The number of hydrogen-bond donors (Lipinski definition) is 0. The molecule has 4 rings (SSSR count). The Morgan fingerprint density at radius 2 is 1.54 bits per heavy atom. The van der Waals surface area contributed by atoms with Crippen LogP contribution in [0, 0.1) is 11.8 Å². The summed E-state index contributed by atoms with van der Waals surface area (Å²) in [4.78, 5) is 4.83. The van der Waals surface area contributed by atoms with Gasteiger partial charge in [0.1, 0.15) is 0 Å². The second-order valence-corrected chi connectivity index (χ2v) is 6.90. The molecule has 0 aromatic carbocycles. The van der Waals surface area contributed by atoms with Gasteiger partial charge in [-0.15, -0.1) is 0 Å². The van der Waals surface area contributed by atoms with Gasteiger partial charge < -0.3 is 9.80 Å². The van der Waals surface area contributed by atoms with Crippen LogP contribution in [0.15, 0.2) is 12.3 Å². The second-order valence-electron chi connectivity index (χ2n) is 6.90. The summed E-state index contributed by atoms with van der Waals surface area (Å²) in [6, 6.07) is 2.10. The monoisotopic (exact) mass is 336 g/mol. The summed E-state index contributed by atoms with van der Waals surface area (Å²) in [6.07, 6.45) is 7.65. The molecule has 0 spiro atoms. The van der Waals surface area contributed by atoms with E-state index in [2.05, 4.69) is 39.7 Å². The molecule has 3 aliphatic rings. The number of piperidine rings is 1. The third-order valence-corrected chi connectivity index (χ3v) is 4.94. The Kier molecular flexibility index (Phi) is 10.3. The summed E-state index contributed by atoms with van der Waals surface area (Å²) in [5, 5.41) is 4.24. The molecule has 2 aliphatic heterocycles. The predicted molar refractivity (Wildman–Crippen MR) is 104 cm³/mol. The molecule has 1 aromatic rings.